The molecule has 14 heteroatoms. The number of carbonyl (C=O) groups is 1. The van der Waals surface area contributed by atoms with Crippen molar-refractivity contribution in [3.8, 4) is 0 Å². The normalized spacial score (nSPS) is 11.4. The van der Waals surface area contributed by atoms with Gasteiger partial charge in [-0.15, -0.1) is 0 Å². The minimum Gasteiger partial charge on any atom is -0.480 e. The van der Waals surface area contributed by atoms with Crippen molar-refractivity contribution in [2.45, 2.75) is 0 Å². The van der Waals surface area contributed by atoms with Gasteiger partial charge in [-0.05, 0) is 7.05 Å². The van der Waals surface area contributed by atoms with Crippen LogP contribution in [-0.2, 0) is 56.9 Å². The van der Waals surface area contributed by atoms with E-state index in [2.05, 4.69) is 5.32 Å². The SMILES string of the molecule is CNCCOCCOCCOCCOCCOCCOCCOCCOCCOCCOCCOCC(=O)O. The highest BCUT2D eigenvalue weighted by Crippen LogP contribution is 1.87. The van der Waals surface area contributed by atoms with E-state index in [1.165, 1.54) is 0 Å². The van der Waals surface area contributed by atoms with Crippen LogP contribution in [0.15, 0.2) is 0 Å². The standard InChI is InChI=1S/C25H51NO13/c1-26-2-3-29-4-5-30-6-7-31-8-9-32-10-11-33-12-13-34-14-15-35-16-17-36-18-19-37-20-21-38-22-23-39-24-25(27)28/h26H,2-24H2,1H3,(H,27,28). The Bertz CT molecular complexity index is 477. The lowest BCUT2D eigenvalue weighted by atomic mass is 10.6. The van der Waals surface area contributed by atoms with Crippen molar-refractivity contribution >= 4 is 5.97 Å². The van der Waals surface area contributed by atoms with E-state index in [1.807, 2.05) is 7.05 Å². The van der Waals surface area contributed by atoms with E-state index in [1.54, 1.807) is 0 Å². The molecule has 0 unspecified atom stereocenters. The van der Waals surface area contributed by atoms with Crippen LogP contribution >= 0.6 is 0 Å². The molecule has 0 aromatic rings. The summed E-state index contributed by atoms with van der Waals surface area (Å²) in [5.74, 6) is -0.994. The molecule has 0 aromatic carbocycles. The largest absolute Gasteiger partial charge is 0.480 e. The molecule has 0 fully saturated rings. The second kappa shape index (κ2) is 35.0. The fraction of sp³-hybridized carbons (Fsp3) is 0.960. The molecule has 39 heavy (non-hydrogen) atoms. The third-order valence-corrected chi connectivity index (χ3v) is 4.44. The Labute approximate surface area is 232 Å². The molecule has 0 rings (SSSR count). The second-order valence-corrected chi connectivity index (χ2v) is 7.67. The number of nitrogens with one attached hydrogen (secondary N) is 1. The molecule has 0 aromatic heterocycles. The fourth-order valence-electron chi connectivity index (χ4n) is 2.53. The number of hydrogen-bond donors (Lipinski definition) is 2. The summed E-state index contributed by atoms with van der Waals surface area (Å²) in [6.07, 6.45) is 0. The lowest BCUT2D eigenvalue weighted by Crippen LogP contribution is -2.17. The van der Waals surface area contributed by atoms with Gasteiger partial charge >= 0.3 is 5.97 Å². The molecular formula is C25H51NO13. The second-order valence-electron chi connectivity index (χ2n) is 7.67. The Morgan fingerprint density at radius 1 is 0.410 bits per heavy atom. The first-order valence-electron chi connectivity index (χ1n) is 13.5. The van der Waals surface area contributed by atoms with E-state index in [9.17, 15) is 4.79 Å². The number of ether oxygens (including phenoxy) is 11. The van der Waals surface area contributed by atoms with Gasteiger partial charge in [0.25, 0.3) is 0 Å². The Kier molecular flexibility index (Phi) is 34.1. The van der Waals surface area contributed by atoms with Crippen LogP contribution in [0.2, 0.25) is 0 Å². The van der Waals surface area contributed by atoms with E-state index in [-0.39, 0.29) is 13.2 Å². The molecule has 0 saturated carbocycles. The van der Waals surface area contributed by atoms with Gasteiger partial charge in [0.1, 0.15) is 6.61 Å². The molecule has 0 saturated heterocycles. The van der Waals surface area contributed by atoms with Crippen LogP contribution < -0.4 is 5.32 Å². The van der Waals surface area contributed by atoms with Gasteiger partial charge in [0.2, 0.25) is 0 Å². The predicted molar refractivity (Wildman–Crippen MR) is 141 cm³/mol. The lowest BCUT2D eigenvalue weighted by molar-refractivity contribution is -0.142. The highest BCUT2D eigenvalue weighted by Gasteiger charge is 1.97. The maximum atomic E-state index is 10.2. The molecule has 0 amide bonds. The molecule has 0 heterocycles. The topological polar surface area (TPSA) is 151 Å². The third kappa shape index (κ3) is 37.0. The zero-order valence-electron chi connectivity index (χ0n) is 23.6. The van der Waals surface area contributed by atoms with Gasteiger partial charge in [-0.2, -0.15) is 0 Å². The summed E-state index contributed by atoms with van der Waals surface area (Å²) in [7, 11) is 1.89. The molecule has 0 spiro atoms. The van der Waals surface area contributed by atoms with Crippen molar-refractivity contribution in [2.24, 2.45) is 0 Å². The van der Waals surface area contributed by atoms with Crippen molar-refractivity contribution < 1.29 is 62.0 Å². The maximum Gasteiger partial charge on any atom is 0.329 e. The minimum absolute atomic E-state index is 0.244. The smallest absolute Gasteiger partial charge is 0.329 e. The summed E-state index contributed by atoms with van der Waals surface area (Å²) in [5, 5.41) is 11.4. The molecule has 2 N–H and O–H groups in total. The van der Waals surface area contributed by atoms with Crippen LogP contribution in [0.3, 0.4) is 0 Å². The van der Waals surface area contributed by atoms with E-state index in [0.29, 0.717) is 132 Å². The number of carboxylic acids is 1. The molecule has 0 atom stereocenters. The van der Waals surface area contributed by atoms with Crippen molar-refractivity contribution in [3.05, 3.63) is 0 Å². The highest BCUT2D eigenvalue weighted by molar-refractivity contribution is 5.67. The Morgan fingerprint density at radius 3 is 0.821 bits per heavy atom. The molecule has 0 aliphatic carbocycles. The van der Waals surface area contributed by atoms with Crippen LogP contribution in [0, 0.1) is 0 Å². The van der Waals surface area contributed by atoms with Gasteiger partial charge < -0.3 is 62.5 Å². The number of rotatable bonds is 35. The number of likely N-dealkylation sites (N-methyl/N-ethyl adjacent to an activating group) is 1. The van der Waals surface area contributed by atoms with Crippen LogP contribution in [0.4, 0.5) is 0 Å². The molecule has 0 aliphatic rings. The van der Waals surface area contributed by atoms with Crippen molar-refractivity contribution in [1.82, 2.24) is 5.32 Å². The molecule has 0 aliphatic heterocycles. The zero-order chi connectivity index (χ0) is 28.3. The van der Waals surface area contributed by atoms with Crippen molar-refractivity contribution in [1.29, 1.82) is 0 Å². The number of carboxylic acid groups (broad SMARTS) is 1. The molecule has 0 bridgehead atoms. The first-order valence-corrected chi connectivity index (χ1v) is 13.5. The van der Waals surface area contributed by atoms with E-state index >= 15 is 0 Å². The predicted octanol–water partition coefficient (Wildman–Crippen LogP) is -0.527. The fourth-order valence-corrected chi connectivity index (χ4v) is 2.53. The van der Waals surface area contributed by atoms with Crippen molar-refractivity contribution in [2.75, 3.05) is 159 Å². The van der Waals surface area contributed by atoms with Crippen LogP contribution in [0.5, 0.6) is 0 Å². The summed E-state index contributed by atoms with van der Waals surface area (Å²) in [5.41, 5.74) is 0. The summed E-state index contributed by atoms with van der Waals surface area (Å²) in [6, 6.07) is 0. The molecule has 234 valence electrons. The average molecular weight is 574 g/mol. The van der Waals surface area contributed by atoms with Crippen LogP contribution in [0.1, 0.15) is 0 Å². The van der Waals surface area contributed by atoms with Gasteiger partial charge in [0, 0.05) is 6.54 Å². The van der Waals surface area contributed by atoms with Crippen LogP contribution in [0.25, 0.3) is 0 Å². The summed E-state index contributed by atoms with van der Waals surface area (Å²) in [6.45, 7) is 10.8. The van der Waals surface area contributed by atoms with Gasteiger partial charge in [0.15, 0.2) is 0 Å². The average Bonchev–Trinajstić information content (AvgIpc) is 2.93. The first-order chi connectivity index (χ1) is 19.3. The first kappa shape index (κ1) is 38.0. The molecular weight excluding hydrogens is 522 g/mol. The van der Waals surface area contributed by atoms with Crippen molar-refractivity contribution in [3.63, 3.8) is 0 Å². The quantitative estimate of drug-likeness (QED) is 0.0935. The van der Waals surface area contributed by atoms with Gasteiger partial charge in [0.05, 0.1) is 139 Å². The van der Waals surface area contributed by atoms with Crippen LogP contribution in [-0.4, -0.2) is 170 Å². The summed E-state index contributed by atoms with van der Waals surface area (Å²) in [4.78, 5) is 10.2. The monoisotopic (exact) mass is 573 g/mol. The Morgan fingerprint density at radius 2 is 0.615 bits per heavy atom. The van der Waals surface area contributed by atoms with E-state index < -0.39 is 5.97 Å². The highest BCUT2D eigenvalue weighted by atomic mass is 16.6. The summed E-state index contributed by atoms with van der Waals surface area (Å²) >= 11 is 0. The maximum absolute atomic E-state index is 10.2. The third-order valence-electron chi connectivity index (χ3n) is 4.44. The molecule has 14 nitrogen and oxygen atoms in total. The Hall–Kier alpha value is -1.01. The van der Waals surface area contributed by atoms with E-state index in [0.717, 1.165) is 6.54 Å². The number of aliphatic carboxylic acids is 1. The molecule has 0 radical (unpaired) electrons. The Balaban J connectivity index is 3.02. The van der Waals surface area contributed by atoms with E-state index in [4.69, 9.17) is 57.2 Å². The van der Waals surface area contributed by atoms with Gasteiger partial charge in [-0.1, -0.05) is 0 Å². The zero-order valence-corrected chi connectivity index (χ0v) is 23.6. The lowest BCUT2D eigenvalue weighted by Gasteiger charge is -2.09. The van der Waals surface area contributed by atoms with Gasteiger partial charge in [-0.3, -0.25) is 0 Å². The van der Waals surface area contributed by atoms with Gasteiger partial charge in [-0.25, -0.2) is 4.79 Å². The number of hydrogen-bond acceptors (Lipinski definition) is 13. The summed E-state index contributed by atoms with van der Waals surface area (Å²) < 4.78 is 58.8. The minimum atomic E-state index is -0.994.